The van der Waals surface area contributed by atoms with Crippen molar-refractivity contribution in [1.29, 1.82) is 0 Å². The SMILES string of the molecule is C(#Cc1c2ccccc2c(C#Cc2ccc(N(c3ccccc3)c3ccccc3)cc2)c2cc3ccccc3cc12)c1ccccc1. The van der Waals surface area contributed by atoms with Crippen LogP contribution in [0.15, 0.2) is 176 Å². The molecule has 218 valence electrons. The molecule has 0 radical (unpaired) electrons. The number of rotatable bonds is 3. The lowest BCUT2D eigenvalue weighted by Gasteiger charge is -2.25. The van der Waals surface area contributed by atoms with E-state index in [9.17, 15) is 0 Å². The van der Waals surface area contributed by atoms with Crippen molar-refractivity contribution in [2.24, 2.45) is 0 Å². The largest absolute Gasteiger partial charge is 0.311 e. The predicted molar refractivity (Wildman–Crippen MR) is 198 cm³/mol. The first-order valence-corrected chi connectivity index (χ1v) is 15.8. The highest BCUT2D eigenvalue weighted by Gasteiger charge is 2.14. The average Bonchev–Trinajstić information content (AvgIpc) is 3.14. The molecule has 0 amide bonds. The fourth-order valence-electron chi connectivity index (χ4n) is 6.22. The Hall–Kier alpha value is -6.54. The normalized spacial score (nSPS) is 10.6. The summed E-state index contributed by atoms with van der Waals surface area (Å²) in [4.78, 5) is 2.26. The van der Waals surface area contributed by atoms with Gasteiger partial charge in [-0.05, 0) is 105 Å². The fraction of sp³-hybridized carbons (Fsp3) is 0. The van der Waals surface area contributed by atoms with Gasteiger partial charge in [0, 0.05) is 39.3 Å². The van der Waals surface area contributed by atoms with Crippen molar-refractivity contribution in [3.63, 3.8) is 0 Å². The van der Waals surface area contributed by atoms with Gasteiger partial charge in [-0.15, -0.1) is 0 Å². The molecule has 0 atom stereocenters. The maximum Gasteiger partial charge on any atom is 0.0462 e. The number of hydrogen-bond donors (Lipinski definition) is 0. The summed E-state index contributed by atoms with van der Waals surface area (Å²) in [6.45, 7) is 0. The molecule has 0 fully saturated rings. The van der Waals surface area contributed by atoms with E-state index in [0.717, 1.165) is 60.9 Å². The third kappa shape index (κ3) is 5.60. The van der Waals surface area contributed by atoms with E-state index >= 15 is 0 Å². The summed E-state index contributed by atoms with van der Waals surface area (Å²) < 4.78 is 0. The van der Waals surface area contributed by atoms with Crippen molar-refractivity contribution in [2.45, 2.75) is 0 Å². The van der Waals surface area contributed by atoms with Crippen molar-refractivity contribution in [1.82, 2.24) is 0 Å². The Labute approximate surface area is 275 Å². The molecule has 0 aliphatic carbocycles. The first-order chi connectivity index (χ1) is 23.3. The van der Waals surface area contributed by atoms with Crippen molar-refractivity contribution < 1.29 is 0 Å². The van der Waals surface area contributed by atoms with Gasteiger partial charge in [-0.2, -0.15) is 0 Å². The maximum atomic E-state index is 3.61. The van der Waals surface area contributed by atoms with Crippen LogP contribution in [0.3, 0.4) is 0 Å². The fourth-order valence-corrected chi connectivity index (χ4v) is 6.22. The Kier molecular flexibility index (Phi) is 7.41. The summed E-state index contributed by atoms with van der Waals surface area (Å²) in [5, 5.41) is 6.83. The molecule has 0 heterocycles. The quantitative estimate of drug-likeness (QED) is 0.145. The van der Waals surface area contributed by atoms with Gasteiger partial charge in [0.1, 0.15) is 0 Å². The minimum absolute atomic E-state index is 0.959. The lowest BCUT2D eigenvalue weighted by molar-refractivity contribution is 1.28. The van der Waals surface area contributed by atoms with Gasteiger partial charge in [-0.3, -0.25) is 0 Å². The molecule has 0 spiro atoms. The third-order valence-electron chi connectivity index (χ3n) is 8.48. The Morgan fingerprint density at radius 2 is 0.681 bits per heavy atom. The van der Waals surface area contributed by atoms with E-state index in [1.807, 2.05) is 30.3 Å². The topological polar surface area (TPSA) is 3.24 Å². The standard InChI is InChI=1S/C46H29N/c1-4-14-34(15-5-1)26-30-43-41-22-12-13-23-42(41)44(46-33-37-17-11-10-16-36(37)32-45(43)46)31-27-35-24-28-40(29-25-35)47(38-18-6-2-7-19-38)39-20-8-3-9-21-39/h1-25,28-29,32-33H. The predicted octanol–water partition coefficient (Wildman–Crippen LogP) is 11.4. The smallest absolute Gasteiger partial charge is 0.0462 e. The van der Waals surface area contributed by atoms with Crippen molar-refractivity contribution in [2.75, 3.05) is 4.90 Å². The number of fused-ring (bicyclic) bond motifs is 3. The van der Waals surface area contributed by atoms with E-state index in [4.69, 9.17) is 0 Å². The molecule has 8 aromatic rings. The molecule has 0 aromatic heterocycles. The highest BCUT2D eigenvalue weighted by Crippen LogP contribution is 2.36. The number of nitrogens with zero attached hydrogens (tertiary/aromatic N) is 1. The van der Waals surface area contributed by atoms with E-state index in [1.54, 1.807) is 0 Å². The van der Waals surface area contributed by atoms with Gasteiger partial charge in [0.25, 0.3) is 0 Å². The molecule has 0 bridgehead atoms. The van der Waals surface area contributed by atoms with Gasteiger partial charge >= 0.3 is 0 Å². The van der Waals surface area contributed by atoms with Gasteiger partial charge in [0.15, 0.2) is 0 Å². The van der Waals surface area contributed by atoms with Crippen LogP contribution in [0.4, 0.5) is 17.1 Å². The number of anilines is 3. The number of benzene rings is 8. The lowest BCUT2D eigenvalue weighted by atomic mass is 9.90. The van der Waals surface area contributed by atoms with Crippen LogP contribution in [0.5, 0.6) is 0 Å². The molecule has 0 unspecified atom stereocenters. The molecule has 8 rings (SSSR count). The van der Waals surface area contributed by atoms with E-state index in [-0.39, 0.29) is 0 Å². The highest BCUT2D eigenvalue weighted by molar-refractivity contribution is 6.13. The van der Waals surface area contributed by atoms with E-state index in [2.05, 4.69) is 174 Å². The first kappa shape index (κ1) is 28.0. The van der Waals surface area contributed by atoms with E-state index in [1.165, 1.54) is 10.8 Å². The molecule has 47 heavy (non-hydrogen) atoms. The average molecular weight is 596 g/mol. The molecule has 0 saturated carbocycles. The van der Waals surface area contributed by atoms with Crippen LogP contribution in [0, 0.1) is 23.7 Å². The third-order valence-corrected chi connectivity index (χ3v) is 8.48. The summed E-state index contributed by atoms with van der Waals surface area (Å²) in [5.74, 6) is 14.1. The van der Waals surface area contributed by atoms with E-state index < -0.39 is 0 Å². The minimum Gasteiger partial charge on any atom is -0.311 e. The van der Waals surface area contributed by atoms with Crippen LogP contribution in [-0.4, -0.2) is 0 Å². The van der Waals surface area contributed by atoms with Gasteiger partial charge in [0.05, 0.1) is 0 Å². The minimum atomic E-state index is 0.959. The molecule has 0 aliphatic heterocycles. The van der Waals surface area contributed by atoms with Gasteiger partial charge in [-0.1, -0.05) is 127 Å². The Balaban J connectivity index is 1.27. The number of para-hydroxylation sites is 2. The molecule has 8 aromatic carbocycles. The van der Waals surface area contributed by atoms with Gasteiger partial charge in [0.2, 0.25) is 0 Å². The van der Waals surface area contributed by atoms with Crippen LogP contribution in [0.2, 0.25) is 0 Å². The van der Waals surface area contributed by atoms with E-state index in [0.29, 0.717) is 0 Å². The molecule has 1 nitrogen and oxygen atoms in total. The first-order valence-electron chi connectivity index (χ1n) is 15.8. The molecule has 0 aliphatic rings. The molecule has 0 saturated heterocycles. The molecular weight excluding hydrogens is 567 g/mol. The summed E-state index contributed by atoms with van der Waals surface area (Å²) in [7, 11) is 0. The Bertz CT molecular complexity index is 2450. The second kappa shape index (κ2) is 12.5. The second-order valence-electron chi connectivity index (χ2n) is 11.5. The van der Waals surface area contributed by atoms with Crippen molar-refractivity contribution >= 4 is 49.4 Å². The number of hydrogen-bond acceptors (Lipinski definition) is 1. The van der Waals surface area contributed by atoms with Gasteiger partial charge in [-0.25, -0.2) is 0 Å². The summed E-state index contributed by atoms with van der Waals surface area (Å²) in [6, 6.07) is 61.2. The summed E-state index contributed by atoms with van der Waals surface area (Å²) in [6.07, 6.45) is 0. The molecule has 0 N–H and O–H groups in total. The molecular formula is C46H29N. The maximum absolute atomic E-state index is 3.61. The van der Waals surface area contributed by atoms with Crippen LogP contribution in [-0.2, 0) is 0 Å². The summed E-state index contributed by atoms with van der Waals surface area (Å²) >= 11 is 0. The van der Waals surface area contributed by atoms with Crippen LogP contribution < -0.4 is 4.90 Å². The van der Waals surface area contributed by atoms with Crippen molar-refractivity contribution in [3.8, 4) is 23.7 Å². The summed E-state index contributed by atoms with van der Waals surface area (Å²) in [5.41, 5.74) is 7.30. The van der Waals surface area contributed by atoms with Gasteiger partial charge < -0.3 is 4.90 Å². The monoisotopic (exact) mass is 595 g/mol. The highest BCUT2D eigenvalue weighted by atomic mass is 15.1. The Morgan fingerprint density at radius 3 is 1.17 bits per heavy atom. The van der Waals surface area contributed by atoms with Crippen LogP contribution >= 0.6 is 0 Å². The Morgan fingerprint density at radius 1 is 0.298 bits per heavy atom. The zero-order valence-electron chi connectivity index (χ0n) is 25.7. The second-order valence-corrected chi connectivity index (χ2v) is 11.5. The zero-order chi connectivity index (χ0) is 31.4. The zero-order valence-corrected chi connectivity index (χ0v) is 25.7. The van der Waals surface area contributed by atoms with Crippen LogP contribution in [0.25, 0.3) is 32.3 Å². The molecule has 1 heteroatoms. The van der Waals surface area contributed by atoms with Crippen LogP contribution in [0.1, 0.15) is 22.3 Å². The van der Waals surface area contributed by atoms with Crippen molar-refractivity contribution in [3.05, 3.63) is 198 Å². The lowest BCUT2D eigenvalue weighted by Crippen LogP contribution is -2.09.